The average Bonchev–Trinajstić information content (AvgIpc) is 3.52. The number of carbonyl (C=O) groups excluding carboxylic acids is 2. The standard InChI is InChI=1S/C25H24ClN3O5S2/c1-16(30)28-9-8-25(14-28)15-29(24(31)12-23-27-13-22(26)35-23)21-7-6-18(11-20(21)25)34-17-4-3-5-19(10-17)36(2,32)33/h3-7,10-11,13H,8-9,12,14-15H2,1-2H3. The highest BCUT2D eigenvalue weighted by Gasteiger charge is 2.49. The number of carbonyl (C=O) groups is 2. The molecule has 0 aliphatic carbocycles. The number of halogens is 1. The average molecular weight is 546 g/mol. The fourth-order valence-corrected chi connectivity index (χ4v) is 6.53. The predicted octanol–water partition coefficient (Wildman–Crippen LogP) is 4.07. The third kappa shape index (κ3) is 4.72. The van der Waals surface area contributed by atoms with E-state index in [1.807, 2.05) is 17.0 Å². The van der Waals surface area contributed by atoms with Gasteiger partial charge in [-0.2, -0.15) is 0 Å². The zero-order chi connectivity index (χ0) is 25.7. The molecule has 1 aromatic heterocycles. The number of amides is 2. The molecule has 0 radical (unpaired) electrons. The van der Waals surface area contributed by atoms with Crippen LogP contribution in [0.2, 0.25) is 4.34 Å². The maximum atomic E-state index is 13.3. The van der Waals surface area contributed by atoms with Gasteiger partial charge < -0.3 is 14.5 Å². The van der Waals surface area contributed by atoms with Crippen LogP contribution in [0.3, 0.4) is 0 Å². The number of sulfone groups is 1. The first-order chi connectivity index (χ1) is 17.0. The predicted molar refractivity (Wildman–Crippen MR) is 138 cm³/mol. The summed E-state index contributed by atoms with van der Waals surface area (Å²) >= 11 is 7.28. The summed E-state index contributed by atoms with van der Waals surface area (Å²) in [5.74, 6) is 0.840. The third-order valence-electron chi connectivity index (χ3n) is 6.69. The van der Waals surface area contributed by atoms with Crippen molar-refractivity contribution in [1.82, 2.24) is 9.88 Å². The van der Waals surface area contributed by atoms with Gasteiger partial charge in [0.2, 0.25) is 11.8 Å². The molecule has 11 heteroatoms. The molecule has 1 atom stereocenters. The maximum absolute atomic E-state index is 13.3. The fraction of sp³-hybridized carbons (Fsp3) is 0.320. The summed E-state index contributed by atoms with van der Waals surface area (Å²) in [5.41, 5.74) is 1.31. The van der Waals surface area contributed by atoms with Crippen LogP contribution in [0, 0.1) is 0 Å². The van der Waals surface area contributed by atoms with E-state index in [1.165, 1.54) is 23.5 Å². The van der Waals surface area contributed by atoms with Crippen LogP contribution in [0.15, 0.2) is 53.6 Å². The van der Waals surface area contributed by atoms with Gasteiger partial charge in [0.05, 0.1) is 17.5 Å². The number of ether oxygens (including phenoxy) is 1. The third-order valence-corrected chi connectivity index (χ3v) is 8.91. The van der Waals surface area contributed by atoms with E-state index in [0.29, 0.717) is 40.5 Å². The zero-order valence-electron chi connectivity index (χ0n) is 19.7. The van der Waals surface area contributed by atoms with E-state index in [4.69, 9.17) is 16.3 Å². The molecule has 36 heavy (non-hydrogen) atoms. The lowest BCUT2D eigenvalue weighted by molar-refractivity contribution is -0.127. The monoisotopic (exact) mass is 545 g/mol. The Morgan fingerprint density at radius 3 is 2.61 bits per heavy atom. The minimum atomic E-state index is -3.37. The maximum Gasteiger partial charge on any atom is 0.233 e. The molecule has 2 aliphatic rings. The lowest BCUT2D eigenvalue weighted by Gasteiger charge is -2.25. The Morgan fingerprint density at radius 1 is 1.17 bits per heavy atom. The highest BCUT2D eigenvalue weighted by atomic mass is 35.5. The molecular weight excluding hydrogens is 522 g/mol. The van der Waals surface area contributed by atoms with E-state index in [2.05, 4.69) is 4.98 Å². The SMILES string of the molecule is CC(=O)N1CCC2(C1)CN(C(=O)Cc1ncc(Cl)s1)c1ccc(Oc3cccc(S(C)(=O)=O)c3)cc12. The molecule has 5 rings (SSSR count). The second-order valence-electron chi connectivity index (χ2n) is 9.21. The number of thiazole rings is 1. The Balaban J connectivity index is 1.48. The van der Waals surface area contributed by atoms with E-state index in [0.717, 1.165) is 23.9 Å². The van der Waals surface area contributed by atoms with Crippen molar-refractivity contribution in [3.8, 4) is 11.5 Å². The van der Waals surface area contributed by atoms with Crippen LogP contribution >= 0.6 is 22.9 Å². The Bertz CT molecular complexity index is 1470. The molecule has 0 N–H and O–H groups in total. The lowest BCUT2D eigenvalue weighted by atomic mass is 9.81. The van der Waals surface area contributed by atoms with Crippen molar-refractivity contribution in [3.63, 3.8) is 0 Å². The molecule has 1 fully saturated rings. The molecule has 1 saturated heterocycles. The minimum Gasteiger partial charge on any atom is -0.457 e. The summed E-state index contributed by atoms with van der Waals surface area (Å²) in [6.07, 6.45) is 3.55. The van der Waals surface area contributed by atoms with Crippen LogP contribution in [0.25, 0.3) is 0 Å². The van der Waals surface area contributed by atoms with Crippen molar-refractivity contribution in [3.05, 3.63) is 63.6 Å². The number of benzene rings is 2. The second kappa shape index (κ2) is 9.17. The fourth-order valence-electron chi connectivity index (χ4n) is 4.92. The Hall–Kier alpha value is -2.95. The normalized spacial score (nSPS) is 19.1. The highest BCUT2D eigenvalue weighted by Crippen LogP contribution is 2.48. The topological polar surface area (TPSA) is 96.9 Å². The van der Waals surface area contributed by atoms with Crippen molar-refractivity contribution < 1.29 is 22.7 Å². The second-order valence-corrected chi connectivity index (χ2v) is 13.0. The smallest absolute Gasteiger partial charge is 0.233 e. The summed E-state index contributed by atoms with van der Waals surface area (Å²) in [5, 5.41) is 0.648. The van der Waals surface area contributed by atoms with Crippen LogP contribution in [0.4, 0.5) is 5.69 Å². The van der Waals surface area contributed by atoms with Crippen molar-refractivity contribution in [2.75, 3.05) is 30.8 Å². The van der Waals surface area contributed by atoms with Crippen molar-refractivity contribution in [1.29, 1.82) is 0 Å². The molecular formula is C25H24ClN3O5S2. The minimum absolute atomic E-state index is 0.000577. The first-order valence-electron chi connectivity index (χ1n) is 11.3. The van der Waals surface area contributed by atoms with Crippen LogP contribution < -0.4 is 9.64 Å². The summed E-state index contributed by atoms with van der Waals surface area (Å²) in [4.78, 5) is 33.4. The van der Waals surface area contributed by atoms with Gasteiger partial charge >= 0.3 is 0 Å². The number of hydrogen-bond acceptors (Lipinski definition) is 7. The van der Waals surface area contributed by atoms with Gasteiger partial charge in [-0.1, -0.05) is 17.7 Å². The van der Waals surface area contributed by atoms with Gasteiger partial charge in [-0.05, 0) is 48.4 Å². The molecule has 2 aromatic carbocycles. The van der Waals surface area contributed by atoms with Gasteiger partial charge in [0.15, 0.2) is 9.84 Å². The molecule has 8 nitrogen and oxygen atoms in total. The first-order valence-corrected chi connectivity index (χ1v) is 14.4. The summed E-state index contributed by atoms with van der Waals surface area (Å²) in [7, 11) is -3.37. The van der Waals surface area contributed by atoms with Crippen molar-refractivity contribution in [2.45, 2.75) is 30.1 Å². The number of nitrogens with zero attached hydrogens (tertiary/aromatic N) is 3. The first kappa shape index (κ1) is 24.7. The number of hydrogen-bond donors (Lipinski definition) is 0. The Morgan fingerprint density at radius 2 is 1.94 bits per heavy atom. The van der Waals surface area contributed by atoms with E-state index < -0.39 is 15.3 Å². The van der Waals surface area contributed by atoms with E-state index >= 15 is 0 Å². The van der Waals surface area contributed by atoms with Crippen LogP contribution in [-0.4, -0.2) is 56.0 Å². The number of aromatic nitrogens is 1. The molecule has 1 unspecified atom stereocenters. The lowest BCUT2D eigenvalue weighted by Crippen LogP contribution is -2.40. The van der Waals surface area contributed by atoms with Gasteiger partial charge in [-0.15, -0.1) is 11.3 Å². The quantitative estimate of drug-likeness (QED) is 0.479. The molecule has 0 saturated carbocycles. The van der Waals surface area contributed by atoms with Gasteiger partial charge in [-0.3, -0.25) is 9.59 Å². The summed E-state index contributed by atoms with van der Waals surface area (Å²) in [6, 6.07) is 11.9. The van der Waals surface area contributed by atoms with E-state index in [-0.39, 0.29) is 23.1 Å². The molecule has 188 valence electrons. The van der Waals surface area contributed by atoms with Gasteiger partial charge in [0.25, 0.3) is 0 Å². The van der Waals surface area contributed by atoms with Gasteiger partial charge in [-0.25, -0.2) is 13.4 Å². The van der Waals surface area contributed by atoms with E-state index in [9.17, 15) is 18.0 Å². The van der Waals surface area contributed by atoms with Gasteiger partial charge in [0.1, 0.15) is 20.8 Å². The highest BCUT2D eigenvalue weighted by molar-refractivity contribution is 7.90. The van der Waals surface area contributed by atoms with Crippen LogP contribution in [0.5, 0.6) is 11.5 Å². The molecule has 2 amide bonds. The summed E-state index contributed by atoms with van der Waals surface area (Å²) in [6.45, 7) is 3.13. The van der Waals surface area contributed by atoms with Crippen molar-refractivity contribution >= 4 is 50.3 Å². The van der Waals surface area contributed by atoms with Crippen LogP contribution in [-0.2, 0) is 31.3 Å². The molecule has 0 bridgehead atoms. The number of anilines is 1. The van der Waals surface area contributed by atoms with Gasteiger partial charge in [0, 0.05) is 43.9 Å². The number of fused-ring (bicyclic) bond motifs is 2. The largest absolute Gasteiger partial charge is 0.457 e. The molecule has 2 aliphatic heterocycles. The Labute approximate surface area is 218 Å². The number of likely N-dealkylation sites (tertiary alicyclic amines) is 1. The molecule has 1 spiro atoms. The van der Waals surface area contributed by atoms with Crippen LogP contribution in [0.1, 0.15) is 23.9 Å². The molecule has 3 aromatic rings. The zero-order valence-corrected chi connectivity index (χ0v) is 22.1. The van der Waals surface area contributed by atoms with Crippen molar-refractivity contribution in [2.24, 2.45) is 0 Å². The Kier molecular flexibility index (Phi) is 6.30. The summed E-state index contributed by atoms with van der Waals surface area (Å²) < 4.78 is 30.5. The van der Waals surface area contributed by atoms with E-state index in [1.54, 1.807) is 36.2 Å². The molecule has 3 heterocycles. The number of rotatable bonds is 5.